The number of hydrogen-bond acceptors (Lipinski definition) is 5. The summed E-state index contributed by atoms with van der Waals surface area (Å²) in [5.41, 5.74) is 0. The molecule has 0 aliphatic carbocycles. The largest absolute Gasteiger partial charge is 0.481 e. The molecule has 1 atom stereocenters. The van der Waals surface area contributed by atoms with E-state index in [-0.39, 0.29) is 5.78 Å². The molecule has 0 radical (unpaired) electrons. The lowest BCUT2D eigenvalue weighted by molar-refractivity contribution is -0.120. The molecule has 0 fully saturated rings. The number of carbonyl (C=O) groups excluding carboxylic acids is 2. The molecule has 0 saturated heterocycles. The second-order valence-corrected chi connectivity index (χ2v) is 4.66. The topological polar surface area (TPSA) is 46.6 Å². The van der Waals surface area contributed by atoms with Crippen LogP contribution < -0.4 is 4.74 Å². The molecule has 1 unspecified atom stereocenters. The zero-order valence-corrected chi connectivity index (χ0v) is 10.9. The van der Waals surface area contributed by atoms with Crippen LogP contribution >= 0.6 is 11.3 Å². The van der Waals surface area contributed by atoms with Crippen LogP contribution in [0.15, 0.2) is 23.7 Å². The van der Waals surface area contributed by atoms with E-state index in [1.165, 1.54) is 17.4 Å². The predicted octanol–water partition coefficient (Wildman–Crippen LogP) is 1.97. The standard InChI is InChI=1S/C12H15NO3S/c1-9(10(15)4-6-13(2)3)16-11-5-7-17-12(11)8-14/h4-9H,1-3H3/b6-4+. The van der Waals surface area contributed by atoms with Gasteiger partial charge in [0, 0.05) is 26.4 Å². The van der Waals surface area contributed by atoms with Gasteiger partial charge in [0.2, 0.25) is 0 Å². The third kappa shape index (κ3) is 4.03. The van der Waals surface area contributed by atoms with Crippen molar-refractivity contribution in [3.05, 3.63) is 28.6 Å². The molecule has 0 N–H and O–H groups in total. The van der Waals surface area contributed by atoms with Crippen LogP contribution in [0.3, 0.4) is 0 Å². The summed E-state index contributed by atoms with van der Waals surface area (Å²) in [6.07, 6.45) is 3.25. The zero-order valence-electron chi connectivity index (χ0n) is 10.0. The highest BCUT2D eigenvalue weighted by Gasteiger charge is 2.14. The van der Waals surface area contributed by atoms with Crippen molar-refractivity contribution in [3.8, 4) is 5.75 Å². The van der Waals surface area contributed by atoms with E-state index < -0.39 is 6.10 Å². The summed E-state index contributed by atoms with van der Waals surface area (Å²) in [7, 11) is 3.66. The molecule has 17 heavy (non-hydrogen) atoms. The molecule has 0 saturated carbocycles. The molecule has 4 nitrogen and oxygen atoms in total. The highest BCUT2D eigenvalue weighted by atomic mass is 32.1. The molecular formula is C12H15NO3S. The molecule has 1 aromatic heterocycles. The van der Waals surface area contributed by atoms with Gasteiger partial charge < -0.3 is 9.64 Å². The third-order valence-electron chi connectivity index (χ3n) is 2.01. The van der Waals surface area contributed by atoms with Crippen molar-refractivity contribution in [1.82, 2.24) is 4.90 Å². The van der Waals surface area contributed by atoms with E-state index in [1.54, 1.807) is 29.5 Å². The summed E-state index contributed by atoms with van der Waals surface area (Å²) in [6.45, 7) is 1.66. The number of rotatable bonds is 6. The van der Waals surface area contributed by atoms with Crippen molar-refractivity contribution in [2.45, 2.75) is 13.0 Å². The highest BCUT2D eigenvalue weighted by Crippen LogP contribution is 2.23. The van der Waals surface area contributed by atoms with Crippen LogP contribution in [0.25, 0.3) is 0 Å². The summed E-state index contributed by atoms with van der Waals surface area (Å²) < 4.78 is 5.43. The van der Waals surface area contributed by atoms with Gasteiger partial charge in [-0.15, -0.1) is 11.3 Å². The summed E-state index contributed by atoms with van der Waals surface area (Å²) >= 11 is 1.29. The Bertz CT molecular complexity index is 423. The fourth-order valence-corrected chi connectivity index (χ4v) is 1.73. The van der Waals surface area contributed by atoms with Crippen molar-refractivity contribution in [1.29, 1.82) is 0 Å². The normalized spacial score (nSPS) is 12.4. The molecule has 1 aromatic rings. The third-order valence-corrected chi connectivity index (χ3v) is 2.83. The average Bonchev–Trinajstić information content (AvgIpc) is 2.72. The first kappa shape index (κ1) is 13.4. The number of ether oxygens (including phenoxy) is 1. The second-order valence-electron chi connectivity index (χ2n) is 3.71. The monoisotopic (exact) mass is 253 g/mol. The summed E-state index contributed by atoms with van der Waals surface area (Å²) in [6, 6.07) is 1.69. The second kappa shape index (κ2) is 6.20. The van der Waals surface area contributed by atoms with Crippen molar-refractivity contribution >= 4 is 23.4 Å². The van der Waals surface area contributed by atoms with E-state index in [0.717, 1.165) is 6.29 Å². The SMILES string of the molecule is CC(Oc1ccsc1C=O)C(=O)/C=C/N(C)C. The van der Waals surface area contributed by atoms with Gasteiger partial charge in [0.15, 0.2) is 18.2 Å². The van der Waals surface area contributed by atoms with Gasteiger partial charge in [-0.05, 0) is 18.4 Å². The number of hydrogen-bond donors (Lipinski definition) is 0. The lowest BCUT2D eigenvalue weighted by atomic mass is 10.2. The minimum absolute atomic E-state index is 0.137. The van der Waals surface area contributed by atoms with Gasteiger partial charge in [-0.2, -0.15) is 0 Å². The minimum atomic E-state index is -0.598. The summed E-state index contributed by atoms with van der Waals surface area (Å²) in [4.78, 5) is 24.6. The Kier molecular flexibility index (Phi) is 4.90. The first-order chi connectivity index (χ1) is 8.04. The van der Waals surface area contributed by atoms with E-state index in [1.807, 2.05) is 14.1 Å². The maximum atomic E-state index is 11.6. The molecule has 0 aliphatic rings. The van der Waals surface area contributed by atoms with Gasteiger partial charge in [0.05, 0.1) is 0 Å². The van der Waals surface area contributed by atoms with E-state index in [4.69, 9.17) is 4.74 Å². The van der Waals surface area contributed by atoms with Crippen LogP contribution in [0.4, 0.5) is 0 Å². The summed E-state index contributed by atoms with van der Waals surface area (Å²) in [5, 5.41) is 1.76. The number of aldehydes is 1. The average molecular weight is 253 g/mol. The van der Waals surface area contributed by atoms with Crippen LogP contribution in [-0.4, -0.2) is 37.2 Å². The molecule has 1 rings (SSSR count). The maximum absolute atomic E-state index is 11.6. The van der Waals surface area contributed by atoms with Crippen LogP contribution in [0.1, 0.15) is 16.6 Å². The number of thiophene rings is 1. The Hall–Kier alpha value is -1.62. The Labute approximate surface area is 104 Å². The van der Waals surface area contributed by atoms with Gasteiger partial charge in [-0.1, -0.05) is 0 Å². The Morgan fingerprint density at radius 2 is 2.24 bits per heavy atom. The van der Waals surface area contributed by atoms with Crippen molar-refractivity contribution in [2.75, 3.05) is 14.1 Å². The van der Waals surface area contributed by atoms with Gasteiger partial charge in [0.1, 0.15) is 10.6 Å². The van der Waals surface area contributed by atoms with E-state index >= 15 is 0 Å². The molecule has 0 aromatic carbocycles. The maximum Gasteiger partial charge on any atom is 0.197 e. The molecule has 0 spiro atoms. The Balaban J connectivity index is 2.63. The van der Waals surface area contributed by atoms with Crippen LogP contribution in [0, 0.1) is 0 Å². The first-order valence-corrected chi connectivity index (χ1v) is 6.00. The minimum Gasteiger partial charge on any atom is -0.481 e. The Morgan fingerprint density at radius 1 is 1.53 bits per heavy atom. The summed E-state index contributed by atoms with van der Waals surface area (Å²) in [5.74, 6) is 0.325. The predicted molar refractivity (Wildman–Crippen MR) is 67.6 cm³/mol. The van der Waals surface area contributed by atoms with E-state index in [2.05, 4.69) is 0 Å². The van der Waals surface area contributed by atoms with Crippen LogP contribution in [-0.2, 0) is 4.79 Å². The number of ketones is 1. The highest BCUT2D eigenvalue weighted by molar-refractivity contribution is 7.12. The lowest BCUT2D eigenvalue weighted by Gasteiger charge is -2.11. The zero-order chi connectivity index (χ0) is 12.8. The van der Waals surface area contributed by atoms with Crippen molar-refractivity contribution in [3.63, 3.8) is 0 Å². The quantitative estimate of drug-likeness (QED) is 0.574. The lowest BCUT2D eigenvalue weighted by Crippen LogP contribution is -2.22. The first-order valence-electron chi connectivity index (χ1n) is 5.12. The molecule has 1 heterocycles. The van der Waals surface area contributed by atoms with Gasteiger partial charge in [0.25, 0.3) is 0 Å². The number of carbonyl (C=O) groups is 2. The van der Waals surface area contributed by atoms with Gasteiger partial charge in [-0.25, -0.2) is 0 Å². The smallest absolute Gasteiger partial charge is 0.197 e. The number of nitrogens with zero attached hydrogens (tertiary/aromatic N) is 1. The fourth-order valence-electron chi connectivity index (χ4n) is 1.10. The van der Waals surface area contributed by atoms with Crippen molar-refractivity contribution in [2.24, 2.45) is 0 Å². The van der Waals surface area contributed by atoms with E-state index in [0.29, 0.717) is 10.6 Å². The van der Waals surface area contributed by atoms with Gasteiger partial charge >= 0.3 is 0 Å². The molecule has 0 bridgehead atoms. The molecule has 5 heteroatoms. The van der Waals surface area contributed by atoms with Crippen LogP contribution in [0.5, 0.6) is 5.75 Å². The van der Waals surface area contributed by atoms with Gasteiger partial charge in [-0.3, -0.25) is 9.59 Å². The Morgan fingerprint density at radius 3 is 2.82 bits per heavy atom. The van der Waals surface area contributed by atoms with Crippen LogP contribution in [0.2, 0.25) is 0 Å². The fraction of sp³-hybridized carbons (Fsp3) is 0.333. The molecular weight excluding hydrogens is 238 g/mol. The van der Waals surface area contributed by atoms with E-state index in [9.17, 15) is 9.59 Å². The molecule has 0 aliphatic heterocycles. The van der Waals surface area contributed by atoms with Crippen molar-refractivity contribution < 1.29 is 14.3 Å². The molecule has 92 valence electrons. The molecule has 0 amide bonds.